The number of rotatable bonds is 9. The van der Waals surface area contributed by atoms with Gasteiger partial charge < -0.3 is 9.73 Å². The molecule has 4 rings (SSSR count). The van der Waals surface area contributed by atoms with Gasteiger partial charge in [-0.25, -0.2) is 0 Å². The van der Waals surface area contributed by atoms with E-state index in [2.05, 4.69) is 85.1 Å². The van der Waals surface area contributed by atoms with Crippen LogP contribution in [0.25, 0.3) is 22.9 Å². The lowest BCUT2D eigenvalue weighted by molar-refractivity contribution is 0.482. The fourth-order valence-corrected chi connectivity index (χ4v) is 4.08. The zero-order valence-electron chi connectivity index (χ0n) is 18.2. The van der Waals surface area contributed by atoms with Gasteiger partial charge in [-0.15, -0.1) is 0 Å². The number of furan rings is 1. The van der Waals surface area contributed by atoms with Crippen molar-refractivity contribution in [2.45, 2.75) is 25.3 Å². The molecule has 3 aromatic carbocycles. The van der Waals surface area contributed by atoms with Crippen LogP contribution in [0.1, 0.15) is 36.1 Å². The predicted octanol–water partition coefficient (Wildman–Crippen LogP) is 7.96. The van der Waals surface area contributed by atoms with Crippen LogP contribution in [0, 0.1) is 0 Å². The van der Waals surface area contributed by atoms with E-state index in [9.17, 15) is 0 Å². The third kappa shape index (κ3) is 6.00. The molecular formula is C29H28ClNO. The van der Waals surface area contributed by atoms with Gasteiger partial charge in [-0.05, 0) is 71.7 Å². The highest BCUT2D eigenvalue weighted by molar-refractivity contribution is 6.30. The Balaban J connectivity index is 1.44. The minimum Gasteiger partial charge on any atom is -0.465 e. The van der Waals surface area contributed by atoms with Crippen molar-refractivity contribution in [1.82, 2.24) is 5.32 Å². The van der Waals surface area contributed by atoms with Crippen molar-refractivity contribution in [3.8, 4) is 0 Å². The fraction of sp³-hybridized carbons (Fsp3) is 0.172. The molecule has 0 aliphatic heterocycles. The average Bonchev–Trinajstić information content (AvgIpc) is 3.34. The molecule has 0 saturated heterocycles. The van der Waals surface area contributed by atoms with Gasteiger partial charge in [-0.2, -0.15) is 0 Å². The molecular weight excluding hydrogens is 414 g/mol. The molecule has 1 aromatic heterocycles. The van der Waals surface area contributed by atoms with Gasteiger partial charge in [-0.1, -0.05) is 78.4 Å². The third-order valence-corrected chi connectivity index (χ3v) is 6.01. The Morgan fingerprint density at radius 2 is 1.69 bits per heavy atom. The van der Waals surface area contributed by atoms with Gasteiger partial charge >= 0.3 is 0 Å². The number of hydrogen-bond acceptors (Lipinski definition) is 2. The molecule has 4 aromatic rings. The van der Waals surface area contributed by atoms with Crippen LogP contribution in [0.4, 0.5) is 0 Å². The summed E-state index contributed by atoms with van der Waals surface area (Å²) >= 11 is 6.13. The van der Waals surface area contributed by atoms with E-state index < -0.39 is 0 Å². The monoisotopic (exact) mass is 441 g/mol. The zero-order chi connectivity index (χ0) is 22.2. The van der Waals surface area contributed by atoms with Crippen LogP contribution >= 0.6 is 11.6 Å². The SMILES string of the molecule is CC(NC/C=C/c1ccco1)C(C/C=C/c1ccc2ccccc2c1)c1ccc(Cl)cc1. The highest BCUT2D eigenvalue weighted by atomic mass is 35.5. The van der Waals surface area contributed by atoms with E-state index in [-0.39, 0.29) is 0 Å². The van der Waals surface area contributed by atoms with E-state index in [1.54, 1.807) is 6.26 Å². The lowest BCUT2D eigenvalue weighted by Crippen LogP contribution is -2.32. The number of benzene rings is 3. The normalized spacial score (nSPS) is 13.8. The Bertz CT molecular complexity index is 1180. The molecule has 3 heteroatoms. The molecule has 0 aliphatic carbocycles. The summed E-state index contributed by atoms with van der Waals surface area (Å²) in [7, 11) is 0. The van der Waals surface area contributed by atoms with Crippen LogP contribution in [-0.4, -0.2) is 12.6 Å². The minimum atomic E-state index is 0.290. The number of allylic oxidation sites excluding steroid dienone is 1. The lowest BCUT2D eigenvalue weighted by Gasteiger charge is -2.24. The lowest BCUT2D eigenvalue weighted by atomic mass is 9.89. The van der Waals surface area contributed by atoms with Crippen molar-refractivity contribution in [3.05, 3.63) is 119 Å². The van der Waals surface area contributed by atoms with Gasteiger partial charge in [0.1, 0.15) is 5.76 Å². The maximum absolute atomic E-state index is 6.13. The number of fused-ring (bicyclic) bond motifs is 1. The first-order valence-corrected chi connectivity index (χ1v) is 11.4. The number of nitrogens with one attached hydrogen (secondary N) is 1. The van der Waals surface area contributed by atoms with Crippen LogP contribution < -0.4 is 5.32 Å². The van der Waals surface area contributed by atoms with Crippen LogP contribution in [0.5, 0.6) is 0 Å². The fourth-order valence-electron chi connectivity index (χ4n) is 3.96. The van der Waals surface area contributed by atoms with Gasteiger partial charge in [0.25, 0.3) is 0 Å². The zero-order valence-corrected chi connectivity index (χ0v) is 19.0. The van der Waals surface area contributed by atoms with Crippen LogP contribution in [-0.2, 0) is 0 Å². The molecule has 0 radical (unpaired) electrons. The van der Waals surface area contributed by atoms with Crippen molar-refractivity contribution < 1.29 is 4.42 Å². The summed E-state index contributed by atoms with van der Waals surface area (Å²) in [5.74, 6) is 1.20. The summed E-state index contributed by atoms with van der Waals surface area (Å²) in [6.07, 6.45) is 11.2. The molecule has 0 amide bonds. The van der Waals surface area contributed by atoms with E-state index in [4.69, 9.17) is 16.0 Å². The Kier molecular flexibility index (Phi) is 7.60. The van der Waals surface area contributed by atoms with Gasteiger partial charge in [0.15, 0.2) is 0 Å². The molecule has 2 atom stereocenters. The highest BCUT2D eigenvalue weighted by Crippen LogP contribution is 2.26. The smallest absolute Gasteiger partial charge is 0.126 e. The summed E-state index contributed by atoms with van der Waals surface area (Å²) in [5.41, 5.74) is 2.51. The predicted molar refractivity (Wildman–Crippen MR) is 137 cm³/mol. The van der Waals surface area contributed by atoms with Crippen molar-refractivity contribution in [3.63, 3.8) is 0 Å². The van der Waals surface area contributed by atoms with E-state index in [0.717, 1.165) is 23.7 Å². The molecule has 0 saturated carbocycles. The molecule has 32 heavy (non-hydrogen) atoms. The molecule has 0 aliphatic rings. The van der Waals surface area contributed by atoms with E-state index in [0.29, 0.717) is 12.0 Å². The molecule has 2 unspecified atom stereocenters. The molecule has 0 spiro atoms. The molecule has 0 bridgehead atoms. The van der Waals surface area contributed by atoms with Crippen LogP contribution in [0.15, 0.2) is 102 Å². The molecule has 1 N–H and O–H groups in total. The van der Waals surface area contributed by atoms with Crippen LogP contribution in [0.3, 0.4) is 0 Å². The minimum absolute atomic E-state index is 0.290. The molecule has 162 valence electrons. The van der Waals surface area contributed by atoms with Gasteiger partial charge in [0, 0.05) is 23.5 Å². The molecule has 1 heterocycles. The van der Waals surface area contributed by atoms with Gasteiger partial charge in [0.05, 0.1) is 6.26 Å². The Morgan fingerprint density at radius 3 is 2.47 bits per heavy atom. The van der Waals surface area contributed by atoms with E-state index >= 15 is 0 Å². The summed E-state index contributed by atoms with van der Waals surface area (Å²) in [6.45, 7) is 3.02. The maximum atomic E-state index is 6.13. The van der Waals surface area contributed by atoms with E-state index in [1.165, 1.54) is 21.9 Å². The van der Waals surface area contributed by atoms with Gasteiger partial charge in [-0.3, -0.25) is 0 Å². The largest absolute Gasteiger partial charge is 0.465 e. The first-order chi connectivity index (χ1) is 15.7. The van der Waals surface area contributed by atoms with Crippen molar-refractivity contribution in [1.29, 1.82) is 0 Å². The second kappa shape index (κ2) is 11.0. The average molecular weight is 442 g/mol. The second-order valence-electron chi connectivity index (χ2n) is 8.02. The Hall–Kier alpha value is -3.07. The summed E-state index contributed by atoms with van der Waals surface area (Å²) < 4.78 is 5.35. The first-order valence-electron chi connectivity index (χ1n) is 11.0. The summed E-state index contributed by atoms with van der Waals surface area (Å²) in [4.78, 5) is 0. The number of hydrogen-bond donors (Lipinski definition) is 1. The second-order valence-corrected chi connectivity index (χ2v) is 8.45. The maximum Gasteiger partial charge on any atom is 0.126 e. The highest BCUT2D eigenvalue weighted by Gasteiger charge is 2.17. The van der Waals surface area contributed by atoms with Crippen molar-refractivity contribution in [2.24, 2.45) is 0 Å². The van der Waals surface area contributed by atoms with E-state index in [1.807, 2.05) is 30.3 Å². The number of halogens is 1. The Morgan fingerprint density at radius 1 is 0.875 bits per heavy atom. The third-order valence-electron chi connectivity index (χ3n) is 5.76. The quantitative estimate of drug-likeness (QED) is 0.285. The Labute approximate surface area is 195 Å². The molecule has 0 fully saturated rings. The standard InChI is InChI=1S/C29H28ClNO/c1-22(31-19-5-10-28-11-6-20-32-28)29(25-15-17-27(30)18-16-25)12-4-7-23-13-14-24-8-2-3-9-26(24)21-23/h2-11,13-18,20-22,29,31H,12,19H2,1H3/b7-4+,10-5+. The first kappa shape index (κ1) is 22.1. The van der Waals surface area contributed by atoms with Crippen LogP contribution in [0.2, 0.25) is 5.02 Å². The summed E-state index contributed by atoms with van der Waals surface area (Å²) in [5, 5.41) is 6.93. The topological polar surface area (TPSA) is 25.2 Å². The van der Waals surface area contributed by atoms with Crippen molar-refractivity contribution >= 4 is 34.5 Å². The summed E-state index contributed by atoms with van der Waals surface area (Å²) in [6, 6.07) is 27.4. The molecule has 2 nitrogen and oxygen atoms in total. The van der Waals surface area contributed by atoms with Gasteiger partial charge in [0.2, 0.25) is 0 Å². The van der Waals surface area contributed by atoms with Crippen molar-refractivity contribution in [2.75, 3.05) is 6.54 Å².